The summed E-state index contributed by atoms with van der Waals surface area (Å²) in [6.45, 7) is -0.436. The third kappa shape index (κ3) is 1.93. The third-order valence-electron chi connectivity index (χ3n) is 3.34. The second-order valence-electron chi connectivity index (χ2n) is 4.54. The van der Waals surface area contributed by atoms with Crippen molar-refractivity contribution in [3.8, 4) is 0 Å². The number of aliphatic hydroxyl groups is 3. The van der Waals surface area contributed by atoms with Gasteiger partial charge < -0.3 is 24.6 Å². The quantitative estimate of drug-likeness (QED) is 0.528. The Morgan fingerprint density at radius 1 is 1.45 bits per heavy atom. The van der Waals surface area contributed by atoms with Crippen molar-refractivity contribution in [3.05, 3.63) is 27.9 Å². The molecule has 4 N–H and O–H groups in total. The molecule has 1 saturated heterocycles. The highest BCUT2D eigenvalue weighted by molar-refractivity contribution is 6.28. The van der Waals surface area contributed by atoms with Crippen molar-refractivity contribution < 1.29 is 20.1 Å². The molecule has 0 amide bonds. The summed E-state index contributed by atoms with van der Waals surface area (Å²) in [6, 6.07) is 1.55. The van der Waals surface area contributed by atoms with Crippen LogP contribution in [0, 0.1) is 0 Å². The Balaban J connectivity index is 2.10. The minimum Gasteiger partial charge on any atom is -0.394 e. The number of halogens is 1. The molecule has 0 aliphatic carbocycles. The number of hydrogen-bond donors (Lipinski definition) is 4. The largest absolute Gasteiger partial charge is 0.394 e. The van der Waals surface area contributed by atoms with Crippen LogP contribution in [0.1, 0.15) is 6.23 Å². The van der Waals surface area contributed by atoms with Gasteiger partial charge in [0.25, 0.3) is 5.56 Å². The summed E-state index contributed by atoms with van der Waals surface area (Å²) in [7, 11) is 0. The van der Waals surface area contributed by atoms with E-state index in [1.807, 2.05) is 0 Å². The van der Waals surface area contributed by atoms with Crippen LogP contribution in [0.5, 0.6) is 0 Å². The number of aromatic nitrogens is 3. The van der Waals surface area contributed by atoms with Gasteiger partial charge in [-0.1, -0.05) is 0 Å². The minimum atomic E-state index is -1.27. The summed E-state index contributed by atoms with van der Waals surface area (Å²) >= 11 is 5.66. The molecule has 2 aromatic heterocycles. The van der Waals surface area contributed by atoms with Crippen LogP contribution in [-0.4, -0.2) is 54.8 Å². The predicted molar refractivity (Wildman–Crippen MR) is 68.4 cm³/mol. The maximum absolute atomic E-state index is 11.9. The van der Waals surface area contributed by atoms with E-state index in [1.165, 1.54) is 10.8 Å². The second kappa shape index (κ2) is 4.83. The lowest BCUT2D eigenvalue weighted by atomic mass is 10.1. The minimum absolute atomic E-state index is 0.0404. The summed E-state index contributed by atoms with van der Waals surface area (Å²) in [5.41, 5.74) is 0.0310. The van der Waals surface area contributed by atoms with Gasteiger partial charge in [0.1, 0.15) is 23.8 Å². The van der Waals surface area contributed by atoms with Gasteiger partial charge in [0, 0.05) is 6.20 Å². The molecule has 1 aliphatic rings. The van der Waals surface area contributed by atoms with E-state index in [4.69, 9.17) is 21.4 Å². The van der Waals surface area contributed by atoms with Crippen LogP contribution in [0.15, 0.2) is 17.1 Å². The SMILES string of the molecule is O=c1[nH]c(Cl)nc2ccn([C@H]3O[C@H](CO)[C@@H](O)[C@H]3O)c12. The first-order chi connectivity index (χ1) is 9.52. The molecule has 4 atom stereocenters. The van der Waals surface area contributed by atoms with Crippen molar-refractivity contribution in [1.29, 1.82) is 0 Å². The summed E-state index contributed by atoms with van der Waals surface area (Å²) in [5, 5.41) is 28.7. The molecule has 0 radical (unpaired) electrons. The average molecular weight is 302 g/mol. The first kappa shape index (κ1) is 13.5. The lowest BCUT2D eigenvalue weighted by Crippen LogP contribution is -2.33. The van der Waals surface area contributed by atoms with E-state index >= 15 is 0 Å². The monoisotopic (exact) mass is 301 g/mol. The molecule has 0 bridgehead atoms. The molecule has 3 rings (SSSR count). The van der Waals surface area contributed by atoms with E-state index in [1.54, 1.807) is 6.07 Å². The summed E-state index contributed by atoms with van der Waals surface area (Å²) < 4.78 is 6.73. The Kier molecular flexibility index (Phi) is 3.27. The molecular formula is C11H12ClN3O5. The summed E-state index contributed by atoms with van der Waals surface area (Å²) in [6.07, 6.45) is -2.89. The maximum atomic E-state index is 11.9. The van der Waals surface area contributed by atoms with Crippen LogP contribution in [-0.2, 0) is 4.74 Å². The first-order valence-corrected chi connectivity index (χ1v) is 6.29. The van der Waals surface area contributed by atoms with Crippen LogP contribution in [0.25, 0.3) is 11.0 Å². The van der Waals surface area contributed by atoms with Gasteiger partial charge in [-0.15, -0.1) is 0 Å². The van der Waals surface area contributed by atoms with Crippen molar-refractivity contribution in [3.63, 3.8) is 0 Å². The number of rotatable bonds is 2. The molecule has 108 valence electrons. The Morgan fingerprint density at radius 3 is 2.85 bits per heavy atom. The Labute approximate surface area is 117 Å². The number of H-pyrrole nitrogens is 1. The second-order valence-corrected chi connectivity index (χ2v) is 4.90. The number of aromatic amines is 1. The first-order valence-electron chi connectivity index (χ1n) is 5.91. The zero-order chi connectivity index (χ0) is 14.4. The summed E-state index contributed by atoms with van der Waals surface area (Å²) in [4.78, 5) is 18.2. The van der Waals surface area contributed by atoms with Crippen molar-refractivity contribution in [2.45, 2.75) is 24.5 Å². The van der Waals surface area contributed by atoms with Gasteiger partial charge in [-0.2, -0.15) is 0 Å². The maximum Gasteiger partial charge on any atom is 0.276 e. The zero-order valence-electron chi connectivity index (χ0n) is 10.1. The van der Waals surface area contributed by atoms with Crippen molar-refractivity contribution in [1.82, 2.24) is 14.5 Å². The normalized spacial score (nSPS) is 30.2. The fourth-order valence-electron chi connectivity index (χ4n) is 2.37. The summed E-state index contributed by atoms with van der Waals surface area (Å²) in [5.74, 6) is 0. The van der Waals surface area contributed by atoms with Crippen LogP contribution in [0.3, 0.4) is 0 Å². The lowest BCUT2D eigenvalue weighted by Gasteiger charge is -2.17. The standard InChI is InChI=1S/C11H12ClN3O5/c12-11-13-4-1-2-15(6(4)9(19)14-11)10-8(18)7(17)5(3-16)20-10/h1-2,5,7-8,10,16-18H,3H2,(H,13,14,19)/t5-,7-,8-,10+/m1/s1. The van der Waals surface area contributed by atoms with Gasteiger partial charge in [0.15, 0.2) is 6.23 Å². The fraction of sp³-hybridized carbons (Fsp3) is 0.455. The highest BCUT2D eigenvalue weighted by atomic mass is 35.5. The molecule has 3 heterocycles. The predicted octanol–water partition coefficient (Wildman–Crippen LogP) is -1.01. The van der Waals surface area contributed by atoms with E-state index in [2.05, 4.69) is 9.97 Å². The molecule has 2 aromatic rings. The van der Waals surface area contributed by atoms with Crippen LogP contribution in [0.4, 0.5) is 0 Å². The third-order valence-corrected chi connectivity index (χ3v) is 3.51. The highest BCUT2D eigenvalue weighted by Gasteiger charge is 2.43. The molecule has 0 unspecified atom stereocenters. The number of aliphatic hydroxyl groups excluding tert-OH is 3. The molecule has 20 heavy (non-hydrogen) atoms. The van der Waals surface area contributed by atoms with E-state index in [-0.39, 0.29) is 10.8 Å². The molecule has 0 spiro atoms. The van der Waals surface area contributed by atoms with Gasteiger partial charge in [-0.3, -0.25) is 9.78 Å². The molecule has 9 heteroatoms. The van der Waals surface area contributed by atoms with E-state index in [0.717, 1.165) is 0 Å². The zero-order valence-corrected chi connectivity index (χ0v) is 10.9. The molecular weight excluding hydrogens is 290 g/mol. The number of hydrogen-bond acceptors (Lipinski definition) is 6. The number of nitrogens with one attached hydrogen (secondary N) is 1. The van der Waals surface area contributed by atoms with E-state index in [0.29, 0.717) is 5.52 Å². The number of fused-ring (bicyclic) bond motifs is 1. The fourth-order valence-corrected chi connectivity index (χ4v) is 2.55. The van der Waals surface area contributed by atoms with Gasteiger partial charge in [-0.25, -0.2) is 4.98 Å². The average Bonchev–Trinajstić information content (AvgIpc) is 2.93. The van der Waals surface area contributed by atoms with Gasteiger partial charge >= 0.3 is 0 Å². The van der Waals surface area contributed by atoms with E-state index < -0.39 is 36.7 Å². The van der Waals surface area contributed by atoms with Crippen molar-refractivity contribution in [2.75, 3.05) is 6.61 Å². The lowest BCUT2D eigenvalue weighted by molar-refractivity contribution is -0.0507. The van der Waals surface area contributed by atoms with Gasteiger partial charge in [0.2, 0.25) is 5.28 Å². The molecule has 8 nitrogen and oxygen atoms in total. The van der Waals surface area contributed by atoms with Crippen molar-refractivity contribution >= 4 is 22.6 Å². The Morgan fingerprint density at radius 2 is 2.20 bits per heavy atom. The highest BCUT2D eigenvalue weighted by Crippen LogP contribution is 2.31. The molecule has 1 aliphatic heterocycles. The Hall–Kier alpha value is -1.45. The topological polar surface area (TPSA) is 121 Å². The van der Waals surface area contributed by atoms with Crippen LogP contribution < -0.4 is 5.56 Å². The Bertz CT molecular complexity index is 699. The molecule has 0 aromatic carbocycles. The van der Waals surface area contributed by atoms with Gasteiger partial charge in [-0.05, 0) is 17.7 Å². The van der Waals surface area contributed by atoms with Gasteiger partial charge in [0.05, 0.1) is 12.1 Å². The van der Waals surface area contributed by atoms with Crippen LogP contribution >= 0.6 is 11.6 Å². The number of nitrogens with zero attached hydrogens (tertiary/aromatic N) is 2. The van der Waals surface area contributed by atoms with Crippen molar-refractivity contribution in [2.24, 2.45) is 0 Å². The smallest absolute Gasteiger partial charge is 0.276 e. The molecule has 0 saturated carbocycles. The number of ether oxygens (including phenoxy) is 1. The molecule has 1 fully saturated rings. The van der Waals surface area contributed by atoms with E-state index in [9.17, 15) is 15.0 Å². The van der Waals surface area contributed by atoms with Crippen LogP contribution in [0.2, 0.25) is 5.28 Å².